The highest BCUT2D eigenvalue weighted by Crippen LogP contribution is 2.17. The van der Waals surface area contributed by atoms with Gasteiger partial charge in [-0.05, 0) is 43.2 Å². The van der Waals surface area contributed by atoms with Gasteiger partial charge in [-0.25, -0.2) is 5.43 Å². The van der Waals surface area contributed by atoms with Gasteiger partial charge in [0.15, 0.2) is 6.61 Å². The molecule has 4 nitrogen and oxygen atoms in total. The van der Waals surface area contributed by atoms with Gasteiger partial charge in [0.05, 0.1) is 6.21 Å². The van der Waals surface area contributed by atoms with E-state index in [9.17, 15) is 4.79 Å². The van der Waals surface area contributed by atoms with Crippen LogP contribution in [0.25, 0.3) is 0 Å². The summed E-state index contributed by atoms with van der Waals surface area (Å²) in [6, 6.07) is 13.4. The van der Waals surface area contributed by atoms with E-state index in [4.69, 9.17) is 4.74 Å². The fraction of sp³-hybridized carbons (Fsp3) is 0.176. The van der Waals surface area contributed by atoms with Crippen LogP contribution in [0.15, 0.2) is 52.0 Å². The zero-order valence-corrected chi connectivity index (χ0v) is 14.1. The average molecular weight is 361 g/mol. The lowest BCUT2D eigenvalue weighted by atomic mass is 10.1. The second-order valence-corrected chi connectivity index (χ2v) is 5.81. The van der Waals surface area contributed by atoms with Crippen molar-refractivity contribution in [3.63, 3.8) is 0 Å². The molecular weight excluding hydrogens is 344 g/mol. The van der Waals surface area contributed by atoms with Crippen molar-refractivity contribution in [3.8, 4) is 5.75 Å². The van der Waals surface area contributed by atoms with Crippen molar-refractivity contribution < 1.29 is 9.53 Å². The second kappa shape index (κ2) is 7.75. The maximum Gasteiger partial charge on any atom is 0.277 e. The predicted molar refractivity (Wildman–Crippen MR) is 91.3 cm³/mol. The van der Waals surface area contributed by atoms with E-state index in [2.05, 4.69) is 32.5 Å². The quantitative estimate of drug-likeness (QED) is 0.654. The van der Waals surface area contributed by atoms with Gasteiger partial charge in [0.1, 0.15) is 5.75 Å². The average Bonchev–Trinajstić information content (AvgIpc) is 2.47. The molecule has 0 saturated heterocycles. The molecule has 0 aliphatic rings. The first kappa shape index (κ1) is 16.2. The normalized spacial score (nSPS) is 10.7. The van der Waals surface area contributed by atoms with Crippen LogP contribution < -0.4 is 10.2 Å². The van der Waals surface area contributed by atoms with Crippen molar-refractivity contribution in [3.05, 3.63) is 63.6 Å². The standard InChI is InChI=1S/C17H17BrN2O2/c1-12-6-7-14(13(2)8-12)10-19-20-17(21)11-22-16-5-3-4-15(18)9-16/h3-10H,11H2,1-2H3,(H,20,21). The lowest BCUT2D eigenvalue weighted by Gasteiger charge is -2.05. The van der Waals surface area contributed by atoms with E-state index < -0.39 is 0 Å². The SMILES string of the molecule is Cc1ccc(C=NNC(=O)COc2cccc(Br)c2)c(C)c1. The van der Waals surface area contributed by atoms with Crippen molar-refractivity contribution in [1.29, 1.82) is 0 Å². The van der Waals surface area contributed by atoms with E-state index in [1.165, 1.54) is 5.56 Å². The molecule has 2 aromatic rings. The number of rotatable bonds is 5. The molecule has 1 amide bonds. The van der Waals surface area contributed by atoms with Crippen LogP contribution in [0, 0.1) is 13.8 Å². The van der Waals surface area contributed by atoms with Crippen molar-refractivity contribution in [2.24, 2.45) is 5.10 Å². The number of benzene rings is 2. The smallest absolute Gasteiger partial charge is 0.277 e. The summed E-state index contributed by atoms with van der Waals surface area (Å²) in [4.78, 5) is 11.7. The Labute approximate surface area is 138 Å². The first-order valence-electron chi connectivity index (χ1n) is 6.82. The molecule has 0 bridgehead atoms. The third-order valence-corrected chi connectivity index (χ3v) is 3.48. The summed E-state index contributed by atoms with van der Waals surface area (Å²) in [6.07, 6.45) is 1.63. The Morgan fingerprint density at radius 1 is 1.27 bits per heavy atom. The van der Waals surface area contributed by atoms with E-state index in [0.29, 0.717) is 5.75 Å². The Kier molecular flexibility index (Phi) is 5.72. The molecule has 114 valence electrons. The van der Waals surface area contributed by atoms with Crippen molar-refractivity contribution in [2.75, 3.05) is 6.61 Å². The number of carbonyl (C=O) groups excluding carboxylic acids is 1. The lowest BCUT2D eigenvalue weighted by Crippen LogP contribution is -2.24. The van der Waals surface area contributed by atoms with Crippen molar-refractivity contribution >= 4 is 28.1 Å². The molecule has 0 atom stereocenters. The summed E-state index contributed by atoms with van der Waals surface area (Å²) in [5.41, 5.74) is 5.73. The molecule has 5 heteroatoms. The molecule has 0 radical (unpaired) electrons. The highest BCUT2D eigenvalue weighted by atomic mass is 79.9. The zero-order valence-electron chi connectivity index (χ0n) is 12.5. The van der Waals surface area contributed by atoms with Crippen LogP contribution in [-0.2, 0) is 4.79 Å². The maximum atomic E-state index is 11.7. The summed E-state index contributed by atoms with van der Waals surface area (Å²) in [5, 5.41) is 3.95. The third kappa shape index (κ3) is 5.00. The fourth-order valence-corrected chi connectivity index (χ4v) is 2.26. The van der Waals surface area contributed by atoms with Crippen molar-refractivity contribution in [2.45, 2.75) is 13.8 Å². The number of amides is 1. The minimum atomic E-state index is -0.305. The molecule has 0 aliphatic carbocycles. The molecule has 0 spiro atoms. The van der Waals surface area contributed by atoms with E-state index in [-0.39, 0.29) is 12.5 Å². The molecular formula is C17H17BrN2O2. The minimum absolute atomic E-state index is 0.0827. The van der Waals surface area contributed by atoms with Gasteiger partial charge in [-0.1, -0.05) is 45.8 Å². The van der Waals surface area contributed by atoms with E-state index >= 15 is 0 Å². The van der Waals surface area contributed by atoms with Gasteiger partial charge in [0.2, 0.25) is 0 Å². The van der Waals surface area contributed by atoms with Crippen LogP contribution in [0.2, 0.25) is 0 Å². The molecule has 0 fully saturated rings. The number of hydrazone groups is 1. The fourth-order valence-electron chi connectivity index (χ4n) is 1.88. The summed E-state index contributed by atoms with van der Waals surface area (Å²) >= 11 is 3.34. The highest BCUT2D eigenvalue weighted by molar-refractivity contribution is 9.10. The molecule has 1 N–H and O–H groups in total. The molecule has 0 aliphatic heterocycles. The Morgan fingerprint density at radius 2 is 2.09 bits per heavy atom. The number of aryl methyl sites for hydroxylation is 2. The molecule has 2 rings (SSSR count). The number of halogens is 1. The van der Waals surface area contributed by atoms with Crippen LogP contribution in [-0.4, -0.2) is 18.7 Å². The maximum absolute atomic E-state index is 11.7. The van der Waals surface area contributed by atoms with Crippen LogP contribution in [0.5, 0.6) is 5.75 Å². The Hall–Kier alpha value is -2.14. The molecule has 0 aromatic heterocycles. The van der Waals surface area contributed by atoms with Crippen LogP contribution in [0.4, 0.5) is 0 Å². The van der Waals surface area contributed by atoms with Gasteiger partial charge in [-0.3, -0.25) is 4.79 Å². The molecule has 0 saturated carbocycles. The molecule has 0 heterocycles. The van der Waals surface area contributed by atoms with Gasteiger partial charge in [-0.15, -0.1) is 0 Å². The summed E-state index contributed by atoms with van der Waals surface area (Å²) in [5.74, 6) is 0.323. The lowest BCUT2D eigenvalue weighted by molar-refractivity contribution is -0.123. The van der Waals surface area contributed by atoms with Crippen molar-refractivity contribution in [1.82, 2.24) is 5.43 Å². The number of ether oxygens (including phenoxy) is 1. The van der Waals surface area contributed by atoms with Gasteiger partial charge >= 0.3 is 0 Å². The largest absolute Gasteiger partial charge is 0.484 e. The van der Waals surface area contributed by atoms with Gasteiger partial charge in [0.25, 0.3) is 5.91 Å². The van der Waals surface area contributed by atoms with Crippen LogP contribution in [0.1, 0.15) is 16.7 Å². The number of carbonyl (C=O) groups is 1. The topological polar surface area (TPSA) is 50.7 Å². The first-order chi connectivity index (χ1) is 10.5. The zero-order chi connectivity index (χ0) is 15.9. The van der Waals surface area contributed by atoms with Gasteiger partial charge in [-0.2, -0.15) is 5.10 Å². The Morgan fingerprint density at radius 3 is 2.82 bits per heavy atom. The van der Waals surface area contributed by atoms with Gasteiger partial charge < -0.3 is 4.74 Å². The van der Waals surface area contributed by atoms with E-state index in [1.807, 2.05) is 38.1 Å². The summed E-state index contributed by atoms with van der Waals surface area (Å²) in [6.45, 7) is 3.96. The third-order valence-electron chi connectivity index (χ3n) is 2.98. The number of hydrogen-bond donors (Lipinski definition) is 1. The second-order valence-electron chi connectivity index (χ2n) is 4.90. The minimum Gasteiger partial charge on any atom is -0.484 e. The van der Waals surface area contributed by atoms with Crippen LogP contribution in [0.3, 0.4) is 0 Å². The Bertz CT molecular complexity index is 699. The predicted octanol–water partition coefficient (Wildman–Crippen LogP) is 3.60. The molecule has 0 unspecified atom stereocenters. The number of nitrogens with one attached hydrogen (secondary N) is 1. The number of nitrogens with zero attached hydrogens (tertiary/aromatic N) is 1. The van der Waals surface area contributed by atoms with Crippen LogP contribution >= 0.6 is 15.9 Å². The van der Waals surface area contributed by atoms with E-state index in [1.54, 1.807) is 18.3 Å². The van der Waals surface area contributed by atoms with Gasteiger partial charge in [0, 0.05) is 4.47 Å². The summed E-state index contributed by atoms with van der Waals surface area (Å²) in [7, 11) is 0. The first-order valence-corrected chi connectivity index (χ1v) is 7.61. The molecule has 2 aromatic carbocycles. The highest BCUT2D eigenvalue weighted by Gasteiger charge is 2.02. The summed E-state index contributed by atoms with van der Waals surface area (Å²) < 4.78 is 6.28. The molecule has 22 heavy (non-hydrogen) atoms. The monoisotopic (exact) mass is 360 g/mol. The Balaban J connectivity index is 1.83. The number of hydrogen-bond acceptors (Lipinski definition) is 3. The van der Waals surface area contributed by atoms with E-state index in [0.717, 1.165) is 15.6 Å².